The molecule has 4 aromatic rings. The summed E-state index contributed by atoms with van der Waals surface area (Å²) in [6, 6.07) is 11.0. The molecule has 1 aromatic carbocycles. The monoisotopic (exact) mass is 339 g/mol. The standard InChI is InChI=1S/C19H12F3N3/c20-19(21,22)14-1-2-17-13(9-14)10-18(25-17)15-5-8-24-11-16(15)12-3-6-23-7-4-12/h1-11,25H. The Morgan fingerprint density at radius 2 is 1.56 bits per heavy atom. The molecule has 3 aromatic heterocycles. The molecule has 0 amide bonds. The highest BCUT2D eigenvalue weighted by Gasteiger charge is 2.30. The zero-order valence-corrected chi connectivity index (χ0v) is 12.9. The minimum absolute atomic E-state index is 0.516. The summed E-state index contributed by atoms with van der Waals surface area (Å²) in [6.45, 7) is 0. The first kappa shape index (κ1) is 15.4. The third kappa shape index (κ3) is 2.87. The van der Waals surface area contributed by atoms with Gasteiger partial charge in [-0.15, -0.1) is 0 Å². The van der Waals surface area contributed by atoms with Crippen LogP contribution in [0.2, 0.25) is 0 Å². The fourth-order valence-electron chi connectivity index (χ4n) is 2.84. The van der Waals surface area contributed by atoms with Crippen molar-refractivity contribution >= 4 is 10.9 Å². The van der Waals surface area contributed by atoms with Crippen LogP contribution in [-0.2, 0) is 6.18 Å². The molecule has 1 N–H and O–H groups in total. The fourth-order valence-corrected chi connectivity index (χ4v) is 2.84. The molecule has 0 aliphatic rings. The molecular formula is C19H12F3N3. The summed E-state index contributed by atoms with van der Waals surface area (Å²) < 4.78 is 38.7. The second-order valence-electron chi connectivity index (χ2n) is 5.64. The molecule has 0 saturated carbocycles. The van der Waals surface area contributed by atoms with E-state index in [1.165, 1.54) is 6.07 Å². The molecule has 0 atom stereocenters. The van der Waals surface area contributed by atoms with Gasteiger partial charge in [0.2, 0.25) is 0 Å². The van der Waals surface area contributed by atoms with Crippen LogP contribution in [0.1, 0.15) is 5.56 Å². The molecular weight excluding hydrogens is 327 g/mol. The van der Waals surface area contributed by atoms with E-state index in [4.69, 9.17) is 0 Å². The van der Waals surface area contributed by atoms with Crippen LogP contribution >= 0.6 is 0 Å². The highest BCUT2D eigenvalue weighted by Crippen LogP contribution is 2.35. The Hall–Kier alpha value is -3.15. The van der Waals surface area contributed by atoms with Crippen LogP contribution in [0, 0.1) is 0 Å². The number of hydrogen-bond acceptors (Lipinski definition) is 2. The Bertz CT molecular complexity index is 1040. The Morgan fingerprint density at radius 1 is 0.800 bits per heavy atom. The van der Waals surface area contributed by atoms with Gasteiger partial charge in [-0.1, -0.05) is 0 Å². The minimum Gasteiger partial charge on any atom is -0.355 e. The Labute approximate surface area is 141 Å². The lowest BCUT2D eigenvalue weighted by molar-refractivity contribution is -0.137. The number of H-pyrrole nitrogens is 1. The van der Waals surface area contributed by atoms with Crippen molar-refractivity contribution in [3.05, 3.63) is 72.8 Å². The molecule has 4 rings (SSSR count). The molecule has 0 unspecified atom stereocenters. The Balaban J connectivity index is 1.86. The van der Waals surface area contributed by atoms with Gasteiger partial charge in [-0.25, -0.2) is 0 Å². The fraction of sp³-hybridized carbons (Fsp3) is 0.0526. The zero-order chi connectivity index (χ0) is 17.4. The quantitative estimate of drug-likeness (QED) is 0.538. The number of aromatic amines is 1. The maximum Gasteiger partial charge on any atom is 0.416 e. The minimum atomic E-state index is -4.36. The first-order valence-corrected chi connectivity index (χ1v) is 7.57. The Morgan fingerprint density at radius 3 is 2.32 bits per heavy atom. The average molecular weight is 339 g/mol. The second-order valence-corrected chi connectivity index (χ2v) is 5.64. The maximum absolute atomic E-state index is 12.9. The van der Waals surface area contributed by atoms with Crippen molar-refractivity contribution in [2.24, 2.45) is 0 Å². The van der Waals surface area contributed by atoms with Crippen LogP contribution in [0.5, 0.6) is 0 Å². The number of nitrogens with zero attached hydrogens (tertiary/aromatic N) is 2. The van der Waals surface area contributed by atoms with Crippen LogP contribution in [0.4, 0.5) is 13.2 Å². The lowest BCUT2D eigenvalue weighted by Gasteiger charge is -2.07. The van der Waals surface area contributed by atoms with E-state index in [2.05, 4.69) is 15.0 Å². The number of alkyl halides is 3. The number of nitrogens with one attached hydrogen (secondary N) is 1. The van der Waals surface area contributed by atoms with Gasteiger partial charge >= 0.3 is 6.18 Å². The van der Waals surface area contributed by atoms with Crippen molar-refractivity contribution < 1.29 is 13.2 Å². The van der Waals surface area contributed by atoms with E-state index in [9.17, 15) is 13.2 Å². The number of hydrogen-bond donors (Lipinski definition) is 1. The number of pyridine rings is 2. The van der Waals surface area contributed by atoms with E-state index in [1.807, 2.05) is 18.2 Å². The predicted molar refractivity (Wildman–Crippen MR) is 89.8 cm³/mol. The summed E-state index contributed by atoms with van der Waals surface area (Å²) in [6.07, 6.45) is 2.41. The maximum atomic E-state index is 12.9. The summed E-state index contributed by atoms with van der Waals surface area (Å²) in [5.41, 5.74) is 3.42. The van der Waals surface area contributed by atoms with Crippen LogP contribution in [0.25, 0.3) is 33.3 Å². The summed E-state index contributed by atoms with van der Waals surface area (Å²) >= 11 is 0. The molecule has 0 spiro atoms. The van der Waals surface area contributed by atoms with E-state index in [-0.39, 0.29) is 0 Å². The van der Waals surface area contributed by atoms with Crippen molar-refractivity contribution in [1.82, 2.24) is 15.0 Å². The van der Waals surface area contributed by atoms with Gasteiger partial charge in [0.05, 0.1) is 5.56 Å². The highest BCUT2D eigenvalue weighted by atomic mass is 19.4. The van der Waals surface area contributed by atoms with Gasteiger partial charge in [0.1, 0.15) is 0 Å². The van der Waals surface area contributed by atoms with Crippen LogP contribution < -0.4 is 0 Å². The average Bonchev–Trinajstić information content (AvgIpc) is 3.05. The van der Waals surface area contributed by atoms with Crippen LogP contribution in [0.3, 0.4) is 0 Å². The number of aromatic nitrogens is 3. The molecule has 0 aliphatic carbocycles. The van der Waals surface area contributed by atoms with Crippen molar-refractivity contribution in [1.29, 1.82) is 0 Å². The van der Waals surface area contributed by atoms with Crippen molar-refractivity contribution in [2.75, 3.05) is 0 Å². The van der Waals surface area contributed by atoms with Gasteiger partial charge in [0, 0.05) is 52.5 Å². The Kier molecular flexibility index (Phi) is 3.53. The van der Waals surface area contributed by atoms with Gasteiger partial charge < -0.3 is 4.98 Å². The lowest BCUT2D eigenvalue weighted by atomic mass is 10.0. The molecule has 0 bridgehead atoms. The highest BCUT2D eigenvalue weighted by molar-refractivity contribution is 5.90. The molecule has 0 aliphatic heterocycles. The third-order valence-corrected chi connectivity index (χ3v) is 4.05. The molecule has 6 heteroatoms. The summed E-state index contributed by atoms with van der Waals surface area (Å²) in [7, 11) is 0. The number of halogens is 3. The van der Waals surface area contributed by atoms with Gasteiger partial charge in [0.25, 0.3) is 0 Å². The normalized spacial score (nSPS) is 11.8. The molecule has 0 radical (unpaired) electrons. The van der Waals surface area contributed by atoms with Crippen molar-refractivity contribution in [3.8, 4) is 22.4 Å². The van der Waals surface area contributed by atoms with Crippen molar-refractivity contribution in [2.45, 2.75) is 6.18 Å². The number of fused-ring (bicyclic) bond motifs is 1. The third-order valence-electron chi connectivity index (χ3n) is 4.05. The SMILES string of the molecule is FC(F)(F)c1ccc2[nH]c(-c3ccncc3-c3ccncc3)cc2c1. The lowest BCUT2D eigenvalue weighted by Crippen LogP contribution is -2.03. The topological polar surface area (TPSA) is 41.6 Å². The van der Waals surface area contributed by atoms with Crippen molar-refractivity contribution in [3.63, 3.8) is 0 Å². The van der Waals surface area contributed by atoms with E-state index in [1.54, 1.807) is 30.9 Å². The summed E-state index contributed by atoms with van der Waals surface area (Å²) in [5, 5.41) is 0.516. The van der Waals surface area contributed by atoms with Gasteiger partial charge in [0.15, 0.2) is 0 Å². The van der Waals surface area contributed by atoms with Gasteiger partial charge in [-0.2, -0.15) is 13.2 Å². The zero-order valence-electron chi connectivity index (χ0n) is 12.9. The summed E-state index contributed by atoms with van der Waals surface area (Å²) in [5.74, 6) is 0. The molecule has 124 valence electrons. The van der Waals surface area contributed by atoms with E-state index >= 15 is 0 Å². The molecule has 3 nitrogen and oxygen atoms in total. The second kappa shape index (κ2) is 5.73. The van der Waals surface area contributed by atoms with Crippen LogP contribution in [-0.4, -0.2) is 15.0 Å². The molecule has 0 saturated heterocycles. The molecule has 3 heterocycles. The number of benzene rings is 1. The van der Waals surface area contributed by atoms with E-state index in [0.29, 0.717) is 10.9 Å². The molecule has 0 fully saturated rings. The first-order chi connectivity index (χ1) is 12.0. The first-order valence-electron chi connectivity index (χ1n) is 7.57. The molecule has 25 heavy (non-hydrogen) atoms. The van der Waals surface area contributed by atoms with Gasteiger partial charge in [-0.05, 0) is 48.0 Å². The van der Waals surface area contributed by atoms with E-state index in [0.717, 1.165) is 34.5 Å². The predicted octanol–water partition coefficient (Wildman–Crippen LogP) is 5.31. The smallest absolute Gasteiger partial charge is 0.355 e. The largest absolute Gasteiger partial charge is 0.416 e. The summed E-state index contributed by atoms with van der Waals surface area (Å²) in [4.78, 5) is 11.4. The van der Waals surface area contributed by atoms with E-state index < -0.39 is 11.7 Å². The van der Waals surface area contributed by atoms with Crippen LogP contribution in [0.15, 0.2) is 67.3 Å². The van der Waals surface area contributed by atoms with Gasteiger partial charge in [-0.3, -0.25) is 9.97 Å². The number of rotatable bonds is 2.